The largest absolute Gasteiger partial charge is 0.339 e. The zero-order chi connectivity index (χ0) is 12.0. The first-order chi connectivity index (χ1) is 7.54. The van der Waals surface area contributed by atoms with Crippen LogP contribution in [-0.2, 0) is 0 Å². The first kappa shape index (κ1) is 14.2. The lowest BCUT2D eigenvalue weighted by atomic mass is 10.1. The topological polar surface area (TPSA) is 12.0 Å². The zero-order valence-electron chi connectivity index (χ0n) is 11.8. The maximum Gasteiger partial charge on any atom is 0.114 e. The highest BCUT2D eigenvalue weighted by Gasteiger charge is 2.27. The minimum atomic E-state index is -0.746. The fourth-order valence-corrected chi connectivity index (χ4v) is 5.99. The summed E-state index contributed by atoms with van der Waals surface area (Å²) in [6.45, 7) is 10.8. The van der Waals surface area contributed by atoms with Crippen LogP contribution in [0.3, 0.4) is 0 Å². The summed E-state index contributed by atoms with van der Waals surface area (Å²) in [7, 11) is -0.746. The second-order valence-corrected chi connectivity index (χ2v) is 10.4. The van der Waals surface area contributed by atoms with E-state index in [2.05, 4.69) is 32.7 Å². The van der Waals surface area contributed by atoms with Gasteiger partial charge < -0.3 is 4.98 Å². The van der Waals surface area contributed by atoms with Crippen molar-refractivity contribution in [2.24, 2.45) is 5.92 Å². The van der Waals surface area contributed by atoms with Gasteiger partial charge in [0.05, 0.1) is 0 Å². The molecule has 0 aliphatic heterocycles. The van der Waals surface area contributed by atoms with E-state index >= 15 is 0 Å². The van der Waals surface area contributed by atoms with E-state index in [1.807, 2.05) is 0 Å². The molecule has 0 saturated heterocycles. The fraction of sp³-hybridized carbons (Fsp3) is 1.00. The molecule has 1 N–H and O–H groups in total. The fourth-order valence-electron chi connectivity index (χ4n) is 2.86. The lowest BCUT2D eigenvalue weighted by Gasteiger charge is -2.31. The average molecular weight is 241 g/mol. The van der Waals surface area contributed by atoms with Crippen LogP contribution in [0.2, 0.25) is 11.1 Å². The molecule has 1 rings (SSSR count). The summed E-state index contributed by atoms with van der Waals surface area (Å²) < 4.78 is 0. The first-order valence-corrected chi connectivity index (χ1v) is 9.24. The second kappa shape index (κ2) is 6.80. The molecule has 1 fully saturated rings. The Morgan fingerprint density at radius 1 is 1.19 bits per heavy atom. The molecule has 1 saturated carbocycles. The van der Waals surface area contributed by atoms with E-state index in [0.717, 1.165) is 5.92 Å². The van der Waals surface area contributed by atoms with Gasteiger partial charge in [0, 0.05) is 0 Å². The first-order valence-electron chi connectivity index (χ1n) is 7.27. The molecule has 0 aromatic rings. The number of hydrogen-bond donors (Lipinski definition) is 1. The molecule has 16 heavy (non-hydrogen) atoms. The van der Waals surface area contributed by atoms with Crippen molar-refractivity contribution in [2.75, 3.05) is 6.54 Å². The van der Waals surface area contributed by atoms with E-state index < -0.39 is 8.96 Å². The van der Waals surface area contributed by atoms with Crippen LogP contribution in [0.15, 0.2) is 0 Å². The summed E-state index contributed by atoms with van der Waals surface area (Å²) in [5.41, 5.74) is 0. The van der Waals surface area contributed by atoms with Crippen LogP contribution in [0.4, 0.5) is 0 Å². The van der Waals surface area contributed by atoms with Crippen molar-refractivity contribution in [3.05, 3.63) is 0 Å². The van der Waals surface area contributed by atoms with Crippen molar-refractivity contribution in [3.8, 4) is 0 Å². The lowest BCUT2D eigenvalue weighted by Crippen LogP contribution is -2.42. The quantitative estimate of drug-likeness (QED) is 0.691. The van der Waals surface area contributed by atoms with Crippen molar-refractivity contribution >= 4 is 8.96 Å². The third-order valence-corrected chi connectivity index (χ3v) is 7.81. The Morgan fingerprint density at radius 3 is 2.31 bits per heavy atom. The van der Waals surface area contributed by atoms with Gasteiger partial charge in [-0.15, -0.1) is 0 Å². The molecule has 0 radical (unpaired) electrons. The molecule has 1 aliphatic carbocycles. The van der Waals surface area contributed by atoms with E-state index in [4.69, 9.17) is 0 Å². The van der Waals surface area contributed by atoms with Gasteiger partial charge in [-0.1, -0.05) is 59.8 Å². The smallest absolute Gasteiger partial charge is 0.114 e. The van der Waals surface area contributed by atoms with E-state index in [1.165, 1.54) is 51.1 Å². The van der Waals surface area contributed by atoms with Gasteiger partial charge in [0.2, 0.25) is 0 Å². The second-order valence-electron chi connectivity index (χ2n) is 6.60. The van der Waals surface area contributed by atoms with E-state index in [0.29, 0.717) is 5.04 Å². The molecular formula is C14H31NSi. The molecule has 96 valence electrons. The lowest BCUT2D eigenvalue weighted by molar-refractivity contribution is 0.521. The Balaban J connectivity index is 2.31. The van der Waals surface area contributed by atoms with Gasteiger partial charge in [-0.3, -0.25) is 0 Å². The van der Waals surface area contributed by atoms with Gasteiger partial charge in [-0.05, 0) is 30.0 Å². The summed E-state index contributed by atoms with van der Waals surface area (Å²) in [5, 5.41) is 0.549. The van der Waals surface area contributed by atoms with Gasteiger partial charge in [-0.25, -0.2) is 0 Å². The monoisotopic (exact) mass is 241 g/mol. The molecule has 0 spiro atoms. The summed E-state index contributed by atoms with van der Waals surface area (Å²) in [4.78, 5) is 3.87. The highest BCUT2D eigenvalue weighted by Crippen LogP contribution is 2.33. The van der Waals surface area contributed by atoms with Crippen LogP contribution in [-0.4, -0.2) is 15.5 Å². The Kier molecular flexibility index (Phi) is 6.05. The molecule has 0 aromatic carbocycles. The van der Waals surface area contributed by atoms with Crippen LogP contribution in [0.25, 0.3) is 0 Å². The highest BCUT2D eigenvalue weighted by atomic mass is 28.3. The van der Waals surface area contributed by atoms with E-state index in [1.54, 1.807) is 0 Å². The van der Waals surface area contributed by atoms with Crippen LogP contribution in [0, 0.1) is 5.92 Å². The molecule has 2 heteroatoms. The van der Waals surface area contributed by atoms with Crippen LogP contribution < -0.4 is 4.98 Å². The Hall–Kier alpha value is 0.177. The maximum atomic E-state index is 3.87. The molecule has 1 nitrogen and oxygen atoms in total. The van der Waals surface area contributed by atoms with Gasteiger partial charge in [0.25, 0.3) is 0 Å². The van der Waals surface area contributed by atoms with Crippen molar-refractivity contribution in [2.45, 2.75) is 77.3 Å². The summed E-state index contributed by atoms with van der Waals surface area (Å²) in [6.07, 6.45) is 8.80. The molecule has 0 amide bonds. The molecule has 1 aliphatic rings. The maximum absolute atomic E-state index is 3.87. The Labute approximate surface area is 104 Å². The van der Waals surface area contributed by atoms with Crippen molar-refractivity contribution < 1.29 is 0 Å². The number of nitrogens with one attached hydrogen (secondary N) is 1. The predicted octanol–water partition coefficient (Wildman–Crippen LogP) is 4.09. The van der Waals surface area contributed by atoms with E-state index in [-0.39, 0.29) is 0 Å². The van der Waals surface area contributed by atoms with Gasteiger partial charge in [0.1, 0.15) is 8.96 Å². The van der Waals surface area contributed by atoms with E-state index in [9.17, 15) is 0 Å². The Bertz CT molecular complexity index is 180. The SMILES string of the molecule is CCCN[SiH](CCC1CCCC1)C(C)(C)C. The molecule has 1 atom stereocenters. The van der Waals surface area contributed by atoms with Crippen molar-refractivity contribution in [3.63, 3.8) is 0 Å². The minimum Gasteiger partial charge on any atom is -0.339 e. The summed E-state index contributed by atoms with van der Waals surface area (Å²) in [6, 6.07) is 1.51. The van der Waals surface area contributed by atoms with Crippen LogP contribution >= 0.6 is 0 Å². The van der Waals surface area contributed by atoms with Crippen LogP contribution in [0.1, 0.15) is 66.2 Å². The molecule has 0 heterocycles. The third-order valence-electron chi connectivity index (χ3n) is 4.02. The minimum absolute atomic E-state index is 0.549. The standard InChI is InChI=1S/C14H31NSi/c1-5-11-15-16(14(2,3)4)12-10-13-8-6-7-9-13/h13,15-16H,5-12H2,1-4H3. The molecule has 0 aromatic heterocycles. The van der Waals surface area contributed by atoms with Gasteiger partial charge >= 0.3 is 0 Å². The van der Waals surface area contributed by atoms with Crippen molar-refractivity contribution in [1.29, 1.82) is 0 Å². The van der Waals surface area contributed by atoms with Gasteiger partial charge in [0.15, 0.2) is 0 Å². The number of rotatable bonds is 6. The van der Waals surface area contributed by atoms with Gasteiger partial charge in [-0.2, -0.15) is 0 Å². The molecule has 0 bridgehead atoms. The number of hydrogen-bond acceptors (Lipinski definition) is 1. The molecular weight excluding hydrogens is 210 g/mol. The van der Waals surface area contributed by atoms with Crippen LogP contribution in [0.5, 0.6) is 0 Å². The predicted molar refractivity (Wildman–Crippen MR) is 76.5 cm³/mol. The summed E-state index contributed by atoms with van der Waals surface area (Å²) >= 11 is 0. The third kappa shape index (κ3) is 5.01. The Morgan fingerprint density at radius 2 is 1.81 bits per heavy atom. The highest BCUT2D eigenvalue weighted by molar-refractivity contribution is 6.59. The summed E-state index contributed by atoms with van der Waals surface area (Å²) in [5.74, 6) is 1.07. The van der Waals surface area contributed by atoms with Crippen molar-refractivity contribution in [1.82, 2.24) is 4.98 Å². The average Bonchev–Trinajstić information content (AvgIpc) is 2.68. The molecule has 1 unspecified atom stereocenters. The normalized spacial score (nSPS) is 20.2. The zero-order valence-corrected chi connectivity index (χ0v) is 13.0.